The highest BCUT2D eigenvalue weighted by molar-refractivity contribution is 5.97. The van der Waals surface area contributed by atoms with Gasteiger partial charge < -0.3 is 10.6 Å². The Labute approximate surface area is 175 Å². The summed E-state index contributed by atoms with van der Waals surface area (Å²) < 4.78 is 0. The fraction of sp³-hybridized carbons (Fsp3) is 0.826. The minimum Gasteiger partial charge on any atom is -0.353 e. The van der Waals surface area contributed by atoms with Crippen molar-refractivity contribution < 1.29 is 19.2 Å². The first-order valence-corrected chi connectivity index (χ1v) is 11.2. The number of hydrogen-bond acceptors (Lipinski definition) is 4. The Bertz CT molecular complexity index is 566. The third-order valence-corrected chi connectivity index (χ3v) is 6.73. The molecular weight excluding hydrogens is 368 g/mol. The minimum atomic E-state index is -0.147. The van der Waals surface area contributed by atoms with Crippen LogP contribution in [0.25, 0.3) is 0 Å². The van der Waals surface area contributed by atoms with E-state index in [1.165, 1.54) is 20.3 Å². The molecule has 0 bridgehead atoms. The maximum atomic E-state index is 11.9. The Hall–Kier alpha value is -1.72. The lowest BCUT2D eigenvalue weighted by atomic mass is 9.70. The third kappa shape index (κ3) is 7.90. The van der Waals surface area contributed by atoms with Crippen LogP contribution >= 0.6 is 0 Å². The van der Waals surface area contributed by atoms with Gasteiger partial charge in [0.15, 0.2) is 0 Å². The second-order valence-corrected chi connectivity index (χ2v) is 9.65. The fourth-order valence-electron chi connectivity index (χ4n) is 5.31. The topological polar surface area (TPSA) is 92.3 Å². The van der Waals surface area contributed by atoms with E-state index in [1.54, 1.807) is 0 Å². The normalized spacial score (nSPS) is 32.3. The maximum absolute atomic E-state index is 11.9. The van der Waals surface area contributed by atoms with Crippen LogP contribution in [0.3, 0.4) is 0 Å². The number of ketones is 2. The summed E-state index contributed by atoms with van der Waals surface area (Å²) in [6.07, 6.45) is 7.65. The quantitative estimate of drug-likeness (QED) is 0.606. The van der Waals surface area contributed by atoms with E-state index >= 15 is 0 Å². The van der Waals surface area contributed by atoms with Crippen molar-refractivity contribution in [3.63, 3.8) is 0 Å². The molecule has 0 aromatic carbocycles. The molecule has 0 aromatic rings. The molecule has 0 unspecified atom stereocenters. The van der Waals surface area contributed by atoms with Gasteiger partial charge in [0.1, 0.15) is 11.6 Å². The molecule has 2 rings (SSSR count). The highest BCUT2D eigenvalue weighted by Crippen LogP contribution is 2.39. The van der Waals surface area contributed by atoms with E-state index in [0.717, 1.165) is 38.5 Å². The minimum absolute atomic E-state index is 0.0171. The number of nitrogens with one attached hydrogen (secondary N) is 2. The second-order valence-electron chi connectivity index (χ2n) is 9.65. The van der Waals surface area contributed by atoms with Crippen LogP contribution < -0.4 is 10.6 Å². The SMILES string of the molecule is CC(=O)CC(=O)N[C@H]1CC[C@@H](C[C@H]2CC[C@H](NC(=O)CC(C)=O)[C@@H](C)C2)C[C@H]1C. The predicted octanol–water partition coefficient (Wildman–Crippen LogP) is 3.18. The van der Waals surface area contributed by atoms with Crippen molar-refractivity contribution in [1.82, 2.24) is 10.6 Å². The summed E-state index contributed by atoms with van der Waals surface area (Å²) in [5.74, 6) is 1.77. The Kier molecular flexibility index (Phi) is 8.84. The summed E-state index contributed by atoms with van der Waals surface area (Å²) in [6.45, 7) is 7.30. The van der Waals surface area contributed by atoms with Gasteiger partial charge in [0, 0.05) is 12.1 Å². The first-order valence-electron chi connectivity index (χ1n) is 11.2. The van der Waals surface area contributed by atoms with E-state index in [-0.39, 0.29) is 48.3 Å². The van der Waals surface area contributed by atoms with Crippen molar-refractivity contribution in [3.8, 4) is 0 Å². The van der Waals surface area contributed by atoms with E-state index < -0.39 is 0 Å². The fourth-order valence-corrected chi connectivity index (χ4v) is 5.31. The maximum Gasteiger partial charge on any atom is 0.227 e. The molecule has 2 amide bonds. The van der Waals surface area contributed by atoms with Crippen molar-refractivity contribution in [2.24, 2.45) is 23.7 Å². The molecule has 0 radical (unpaired) electrons. The molecule has 2 saturated carbocycles. The zero-order chi connectivity index (χ0) is 21.6. The third-order valence-electron chi connectivity index (χ3n) is 6.73. The highest BCUT2D eigenvalue weighted by atomic mass is 16.2. The van der Waals surface area contributed by atoms with Crippen LogP contribution in [0.1, 0.15) is 85.5 Å². The second kappa shape index (κ2) is 10.9. The van der Waals surface area contributed by atoms with Gasteiger partial charge in [-0.05, 0) is 82.5 Å². The standard InChI is InChI=1S/C23H38N2O4/c1-14-9-18(5-7-20(14)24-22(28)11-16(3)26)13-19-6-8-21(15(2)10-19)25-23(29)12-17(4)27/h14-15,18-21H,5-13H2,1-4H3,(H,24,28)(H,25,29)/t14-,15+,18-,19+,20-,21-/m0/s1. The Morgan fingerprint density at radius 3 is 1.38 bits per heavy atom. The van der Waals surface area contributed by atoms with Crippen molar-refractivity contribution in [1.29, 1.82) is 0 Å². The van der Waals surface area contributed by atoms with Crippen LogP contribution in [0, 0.1) is 23.7 Å². The molecule has 6 heteroatoms. The molecule has 6 atom stereocenters. The number of carbonyl (C=O) groups is 4. The Morgan fingerprint density at radius 2 is 1.07 bits per heavy atom. The summed E-state index contributed by atoms with van der Waals surface area (Å²) in [5, 5.41) is 6.09. The molecule has 0 aromatic heterocycles. The van der Waals surface area contributed by atoms with E-state index in [2.05, 4.69) is 24.5 Å². The molecule has 29 heavy (non-hydrogen) atoms. The number of hydrogen-bond donors (Lipinski definition) is 2. The van der Waals surface area contributed by atoms with Gasteiger partial charge in [-0.25, -0.2) is 0 Å². The molecule has 0 heterocycles. The molecule has 0 aliphatic heterocycles. The molecular formula is C23H38N2O4. The summed E-state index contributed by atoms with van der Waals surface area (Å²) in [7, 11) is 0. The van der Waals surface area contributed by atoms with Gasteiger partial charge in [-0.15, -0.1) is 0 Å². The molecule has 164 valence electrons. The van der Waals surface area contributed by atoms with Crippen molar-refractivity contribution in [2.45, 2.75) is 97.6 Å². The average molecular weight is 407 g/mol. The van der Waals surface area contributed by atoms with Crippen LogP contribution in [0.4, 0.5) is 0 Å². The highest BCUT2D eigenvalue weighted by Gasteiger charge is 2.33. The van der Waals surface area contributed by atoms with Gasteiger partial charge in [0.05, 0.1) is 12.8 Å². The summed E-state index contributed by atoms with van der Waals surface area (Å²) >= 11 is 0. The number of rotatable bonds is 8. The van der Waals surface area contributed by atoms with Crippen molar-refractivity contribution in [2.75, 3.05) is 0 Å². The molecule has 2 N–H and O–H groups in total. The van der Waals surface area contributed by atoms with Gasteiger partial charge in [-0.2, -0.15) is 0 Å². The monoisotopic (exact) mass is 406 g/mol. The number of Topliss-reactive ketones (excluding diaryl/α,β-unsaturated/α-hetero) is 2. The summed E-state index contributed by atoms with van der Waals surface area (Å²) in [4.78, 5) is 46.0. The van der Waals surface area contributed by atoms with E-state index in [9.17, 15) is 19.2 Å². The van der Waals surface area contributed by atoms with E-state index in [4.69, 9.17) is 0 Å². The van der Waals surface area contributed by atoms with Gasteiger partial charge in [0.25, 0.3) is 0 Å². The Balaban J connectivity index is 1.74. The largest absolute Gasteiger partial charge is 0.353 e. The molecule has 2 aliphatic carbocycles. The zero-order valence-electron chi connectivity index (χ0n) is 18.5. The predicted molar refractivity (Wildman–Crippen MR) is 112 cm³/mol. The molecule has 2 fully saturated rings. The van der Waals surface area contributed by atoms with Crippen LogP contribution in [0.5, 0.6) is 0 Å². The molecule has 0 saturated heterocycles. The van der Waals surface area contributed by atoms with E-state index in [1.807, 2.05) is 0 Å². The van der Waals surface area contributed by atoms with Crippen molar-refractivity contribution in [3.05, 3.63) is 0 Å². The lowest BCUT2D eigenvalue weighted by Gasteiger charge is -2.39. The van der Waals surface area contributed by atoms with Crippen LogP contribution in [-0.4, -0.2) is 35.5 Å². The first kappa shape index (κ1) is 23.6. The van der Waals surface area contributed by atoms with Gasteiger partial charge in [-0.1, -0.05) is 13.8 Å². The number of carbonyl (C=O) groups excluding carboxylic acids is 4. The van der Waals surface area contributed by atoms with Gasteiger partial charge in [-0.3, -0.25) is 19.2 Å². The zero-order valence-corrected chi connectivity index (χ0v) is 18.5. The van der Waals surface area contributed by atoms with Gasteiger partial charge >= 0.3 is 0 Å². The van der Waals surface area contributed by atoms with Crippen molar-refractivity contribution >= 4 is 23.4 Å². The van der Waals surface area contributed by atoms with E-state index in [0.29, 0.717) is 23.7 Å². The lowest BCUT2D eigenvalue weighted by molar-refractivity contribution is -0.129. The number of amides is 2. The lowest BCUT2D eigenvalue weighted by Crippen LogP contribution is -2.44. The summed E-state index contributed by atoms with van der Waals surface area (Å²) in [6, 6.07) is 0.369. The van der Waals surface area contributed by atoms with Crippen LogP contribution in [0.15, 0.2) is 0 Å². The first-order chi connectivity index (χ1) is 13.6. The average Bonchev–Trinajstić information content (AvgIpc) is 2.58. The van der Waals surface area contributed by atoms with Crippen LogP contribution in [0.2, 0.25) is 0 Å². The smallest absolute Gasteiger partial charge is 0.227 e. The van der Waals surface area contributed by atoms with Gasteiger partial charge in [0.2, 0.25) is 11.8 Å². The summed E-state index contributed by atoms with van der Waals surface area (Å²) in [5.41, 5.74) is 0. The Morgan fingerprint density at radius 1 is 0.690 bits per heavy atom. The molecule has 0 spiro atoms. The molecule has 2 aliphatic rings. The molecule has 6 nitrogen and oxygen atoms in total. The van der Waals surface area contributed by atoms with Crippen LogP contribution in [-0.2, 0) is 19.2 Å².